The molecule has 1 unspecified atom stereocenters. The highest BCUT2D eigenvalue weighted by molar-refractivity contribution is 5.77. The summed E-state index contributed by atoms with van der Waals surface area (Å²) in [4.78, 5) is 26.5. The zero-order valence-electron chi connectivity index (χ0n) is 14.1. The van der Waals surface area contributed by atoms with Gasteiger partial charge in [-0.05, 0) is 50.4 Å². The lowest BCUT2D eigenvalue weighted by molar-refractivity contribution is -0.122. The number of aromatic nitrogens is 2. The molecule has 0 spiro atoms. The Morgan fingerprint density at radius 2 is 2.04 bits per heavy atom. The number of anilines is 1. The summed E-state index contributed by atoms with van der Waals surface area (Å²) >= 11 is 0. The van der Waals surface area contributed by atoms with E-state index in [1.165, 1.54) is 12.8 Å². The van der Waals surface area contributed by atoms with E-state index >= 15 is 0 Å². The first-order chi connectivity index (χ1) is 11.7. The van der Waals surface area contributed by atoms with Crippen LogP contribution in [0.1, 0.15) is 44.9 Å². The lowest BCUT2D eigenvalue weighted by Crippen LogP contribution is -2.39. The Morgan fingerprint density at radius 3 is 2.75 bits per heavy atom. The summed E-state index contributed by atoms with van der Waals surface area (Å²) in [6.07, 6.45) is 9.25. The average Bonchev–Trinajstić information content (AvgIpc) is 3.46. The molecule has 1 N–H and O–H groups in total. The largest absolute Gasteiger partial charge is 0.370 e. The molecule has 3 fully saturated rings. The van der Waals surface area contributed by atoms with E-state index in [0.29, 0.717) is 24.3 Å². The zero-order chi connectivity index (χ0) is 16.5. The predicted molar refractivity (Wildman–Crippen MR) is 91.9 cm³/mol. The highest BCUT2D eigenvalue weighted by Crippen LogP contribution is 2.30. The molecule has 1 aromatic rings. The first kappa shape index (κ1) is 15.7. The summed E-state index contributed by atoms with van der Waals surface area (Å²) in [5.41, 5.74) is 0.896. The minimum atomic E-state index is -0.00648. The van der Waals surface area contributed by atoms with Gasteiger partial charge in [0.15, 0.2) is 0 Å². The first-order valence-electron chi connectivity index (χ1n) is 9.29. The molecule has 2 aliphatic carbocycles. The Morgan fingerprint density at radius 1 is 1.21 bits per heavy atom. The second kappa shape index (κ2) is 6.57. The number of hydrogen-bond donors (Lipinski definition) is 1. The van der Waals surface area contributed by atoms with Crippen molar-refractivity contribution in [2.45, 2.75) is 57.5 Å². The molecule has 2 heterocycles. The maximum absolute atomic E-state index is 12.2. The monoisotopic (exact) mass is 330 g/mol. The second-order valence-electron chi connectivity index (χ2n) is 7.68. The molecule has 3 aliphatic rings. The molecule has 2 saturated carbocycles. The molecule has 1 aliphatic heterocycles. The van der Waals surface area contributed by atoms with Crippen LogP contribution in [0.2, 0.25) is 0 Å². The van der Waals surface area contributed by atoms with E-state index in [1.807, 2.05) is 6.20 Å². The smallest absolute Gasteiger partial charge is 0.268 e. The molecule has 24 heavy (non-hydrogen) atoms. The molecular formula is C18H26N4O2. The first-order valence-corrected chi connectivity index (χ1v) is 9.29. The van der Waals surface area contributed by atoms with Crippen molar-refractivity contribution in [3.63, 3.8) is 0 Å². The molecule has 6 nitrogen and oxygen atoms in total. The molecule has 0 bridgehead atoms. The van der Waals surface area contributed by atoms with Crippen LogP contribution in [0.15, 0.2) is 17.1 Å². The van der Waals surface area contributed by atoms with E-state index in [9.17, 15) is 9.59 Å². The average molecular weight is 330 g/mol. The molecule has 4 rings (SSSR count). The van der Waals surface area contributed by atoms with Crippen molar-refractivity contribution in [3.05, 3.63) is 22.6 Å². The predicted octanol–water partition coefficient (Wildman–Crippen LogP) is 1.54. The molecule has 0 aromatic carbocycles. The molecule has 1 aromatic heterocycles. The molecular weight excluding hydrogens is 304 g/mol. The van der Waals surface area contributed by atoms with Gasteiger partial charge in [-0.2, -0.15) is 5.10 Å². The third-order valence-electron chi connectivity index (χ3n) is 5.28. The summed E-state index contributed by atoms with van der Waals surface area (Å²) in [7, 11) is 0. The van der Waals surface area contributed by atoms with Gasteiger partial charge < -0.3 is 10.2 Å². The van der Waals surface area contributed by atoms with Crippen molar-refractivity contribution in [3.8, 4) is 0 Å². The third kappa shape index (κ3) is 3.97. The fourth-order valence-corrected chi connectivity index (χ4v) is 3.52. The van der Waals surface area contributed by atoms with Gasteiger partial charge >= 0.3 is 0 Å². The lowest BCUT2D eigenvalue weighted by Gasteiger charge is -2.34. The maximum Gasteiger partial charge on any atom is 0.268 e. The molecule has 1 atom stereocenters. The SMILES string of the molecule is O=C(CC1CCCN(c2cnn(CC3CC3)c(=O)c2)C1)NC1CC1. The van der Waals surface area contributed by atoms with Gasteiger partial charge in [0.2, 0.25) is 5.91 Å². The van der Waals surface area contributed by atoms with E-state index in [1.54, 1.807) is 10.7 Å². The number of carbonyl (C=O) groups excluding carboxylic acids is 1. The number of carbonyl (C=O) groups is 1. The quantitative estimate of drug-likeness (QED) is 0.859. The molecule has 130 valence electrons. The number of hydrogen-bond acceptors (Lipinski definition) is 4. The van der Waals surface area contributed by atoms with E-state index < -0.39 is 0 Å². The van der Waals surface area contributed by atoms with Gasteiger partial charge in [-0.25, -0.2) is 4.68 Å². The van der Waals surface area contributed by atoms with Crippen molar-refractivity contribution in [2.75, 3.05) is 18.0 Å². The minimum absolute atomic E-state index is 0.00648. The Hall–Kier alpha value is -1.85. The van der Waals surface area contributed by atoms with E-state index in [2.05, 4.69) is 15.3 Å². The fraction of sp³-hybridized carbons (Fsp3) is 0.722. The summed E-state index contributed by atoms with van der Waals surface area (Å²) in [6.45, 7) is 2.53. The van der Waals surface area contributed by atoms with Crippen molar-refractivity contribution < 1.29 is 4.79 Å². The number of nitrogens with one attached hydrogen (secondary N) is 1. The van der Waals surface area contributed by atoms with Crippen LogP contribution >= 0.6 is 0 Å². The molecule has 6 heteroatoms. The van der Waals surface area contributed by atoms with Crippen LogP contribution < -0.4 is 15.8 Å². The van der Waals surface area contributed by atoms with Gasteiger partial charge in [0.05, 0.1) is 11.9 Å². The third-order valence-corrected chi connectivity index (χ3v) is 5.28. The van der Waals surface area contributed by atoms with Crippen LogP contribution in [0, 0.1) is 11.8 Å². The van der Waals surface area contributed by atoms with Gasteiger partial charge in [-0.1, -0.05) is 0 Å². The van der Waals surface area contributed by atoms with Crippen LogP contribution in [-0.4, -0.2) is 34.8 Å². The highest BCUT2D eigenvalue weighted by Gasteiger charge is 2.27. The van der Waals surface area contributed by atoms with Gasteiger partial charge in [0, 0.05) is 38.2 Å². The van der Waals surface area contributed by atoms with Crippen LogP contribution in [0.3, 0.4) is 0 Å². The Balaban J connectivity index is 1.36. The van der Waals surface area contributed by atoms with Gasteiger partial charge in [0.1, 0.15) is 0 Å². The molecule has 1 amide bonds. The van der Waals surface area contributed by atoms with E-state index in [0.717, 1.165) is 51.0 Å². The maximum atomic E-state index is 12.2. The second-order valence-corrected chi connectivity index (χ2v) is 7.68. The number of rotatable bonds is 6. The normalized spacial score (nSPS) is 24.0. The van der Waals surface area contributed by atoms with Crippen LogP contribution in [0.4, 0.5) is 5.69 Å². The standard InChI is InChI=1S/C18H26N4O2/c23-17(20-15-5-6-15)8-14-2-1-7-21(11-14)16-9-18(24)22(19-10-16)12-13-3-4-13/h9-10,13-15H,1-8,11-12H2,(H,20,23). The Bertz CT molecular complexity index is 663. The summed E-state index contributed by atoms with van der Waals surface area (Å²) in [6, 6.07) is 2.14. The molecule has 0 radical (unpaired) electrons. The van der Waals surface area contributed by atoms with Crippen molar-refractivity contribution >= 4 is 11.6 Å². The minimum Gasteiger partial charge on any atom is -0.370 e. The number of nitrogens with zero attached hydrogens (tertiary/aromatic N) is 3. The summed E-state index contributed by atoms with van der Waals surface area (Å²) in [5.74, 6) is 1.19. The van der Waals surface area contributed by atoms with Crippen LogP contribution in [0.5, 0.6) is 0 Å². The zero-order valence-corrected chi connectivity index (χ0v) is 14.1. The van der Waals surface area contributed by atoms with E-state index in [-0.39, 0.29) is 11.5 Å². The highest BCUT2D eigenvalue weighted by atomic mass is 16.1. The number of piperidine rings is 1. The summed E-state index contributed by atoms with van der Waals surface area (Å²) < 4.78 is 1.59. The van der Waals surface area contributed by atoms with Gasteiger partial charge in [0.25, 0.3) is 5.56 Å². The summed E-state index contributed by atoms with van der Waals surface area (Å²) in [5, 5.41) is 7.42. The van der Waals surface area contributed by atoms with Crippen LogP contribution in [0.25, 0.3) is 0 Å². The lowest BCUT2D eigenvalue weighted by atomic mass is 9.94. The van der Waals surface area contributed by atoms with Gasteiger partial charge in [-0.3, -0.25) is 9.59 Å². The Kier molecular flexibility index (Phi) is 4.29. The van der Waals surface area contributed by atoms with Gasteiger partial charge in [-0.15, -0.1) is 0 Å². The Labute approximate surface area is 142 Å². The molecule has 1 saturated heterocycles. The van der Waals surface area contributed by atoms with Crippen molar-refractivity contribution in [1.82, 2.24) is 15.1 Å². The van der Waals surface area contributed by atoms with E-state index in [4.69, 9.17) is 0 Å². The number of amides is 1. The topological polar surface area (TPSA) is 67.2 Å². The van der Waals surface area contributed by atoms with Crippen molar-refractivity contribution in [2.24, 2.45) is 11.8 Å². The fourth-order valence-electron chi connectivity index (χ4n) is 3.52. The van der Waals surface area contributed by atoms with Crippen LogP contribution in [-0.2, 0) is 11.3 Å². The van der Waals surface area contributed by atoms with Crippen molar-refractivity contribution in [1.29, 1.82) is 0 Å².